The Balaban J connectivity index is 1.08. The molecule has 3 aromatic rings. The Morgan fingerprint density at radius 3 is 2.45 bits per heavy atom. The zero-order valence-corrected chi connectivity index (χ0v) is 24.7. The number of hydrogen-bond donors (Lipinski definition) is 2. The number of piperazine rings is 1. The van der Waals surface area contributed by atoms with E-state index in [2.05, 4.69) is 69.6 Å². The lowest BCUT2D eigenvalue weighted by Gasteiger charge is -2.48. The summed E-state index contributed by atoms with van der Waals surface area (Å²) < 4.78 is 0. The zero-order chi connectivity index (χ0) is 31.0. The third kappa shape index (κ3) is 5.52. The van der Waals surface area contributed by atoms with E-state index in [1.165, 1.54) is 5.56 Å². The van der Waals surface area contributed by atoms with Gasteiger partial charge in [0.1, 0.15) is 17.8 Å². The van der Waals surface area contributed by atoms with Crippen molar-refractivity contribution in [3.8, 4) is 6.07 Å². The Bertz CT molecular complexity index is 1680. The molecule has 1 atom stereocenters. The first-order valence-electron chi connectivity index (χ1n) is 14.7. The Morgan fingerprint density at radius 1 is 1.00 bits per heavy atom. The number of imide groups is 2. The zero-order valence-electron chi connectivity index (χ0n) is 24.7. The van der Waals surface area contributed by atoms with E-state index in [0.717, 1.165) is 42.3 Å². The van der Waals surface area contributed by atoms with Gasteiger partial charge in [-0.3, -0.25) is 34.3 Å². The van der Waals surface area contributed by atoms with Crippen LogP contribution in [0, 0.1) is 11.3 Å². The van der Waals surface area contributed by atoms with E-state index in [4.69, 9.17) is 5.26 Å². The van der Waals surface area contributed by atoms with E-state index in [-0.39, 0.29) is 29.5 Å². The fourth-order valence-electron chi connectivity index (χ4n) is 6.19. The lowest BCUT2D eigenvalue weighted by atomic mass is 9.97. The molecule has 11 nitrogen and oxygen atoms in total. The normalized spacial score (nSPS) is 19.9. The SMILES string of the molecule is CC1(C)CN(c2ccc(C#N)nc2)CCN1Cc1ccc(CNc2cccc3c2C(=O)N(C2CCC(=O)NC2=O)C3=O)cc1. The summed E-state index contributed by atoms with van der Waals surface area (Å²) in [7, 11) is 0. The maximum Gasteiger partial charge on any atom is 0.264 e. The molecule has 4 heterocycles. The summed E-state index contributed by atoms with van der Waals surface area (Å²) in [5.74, 6) is -2.08. The van der Waals surface area contributed by atoms with Gasteiger partial charge in [0.05, 0.1) is 23.0 Å². The number of nitrogens with one attached hydrogen (secondary N) is 2. The molecule has 11 heteroatoms. The largest absolute Gasteiger partial charge is 0.380 e. The number of hydrogen-bond acceptors (Lipinski definition) is 9. The molecule has 0 bridgehead atoms. The summed E-state index contributed by atoms with van der Waals surface area (Å²) in [6.45, 7) is 8.31. The number of aromatic nitrogens is 1. The van der Waals surface area contributed by atoms with Crippen LogP contribution in [-0.4, -0.2) is 69.6 Å². The molecule has 0 spiro atoms. The van der Waals surface area contributed by atoms with Crippen LogP contribution < -0.4 is 15.5 Å². The highest BCUT2D eigenvalue weighted by molar-refractivity contribution is 6.25. The summed E-state index contributed by atoms with van der Waals surface area (Å²) >= 11 is 0. The van der Waals surface area contributed by atoms with E-state index in [1.807, 2.05) is 6.07 Å². The number of benzene rings is 2. The Kier molecular flexibility index (Phi) is 7.61. The van der Waals surface area contributed by atoms with Crippen molar-refractivity contribution in [2.75, 3.05) is 29.9 Å². The van der Waals surface area contributed by atoms with Crippen molar-refractivity contribution < 1.29 is 19.2 Å². The predicted octanol–water partition coefficient (Wildman–Crippen LogP) is 3.07. The Morgan fingerprint density at radius 2 is 1.77 bits per heavy atom. The molecule has 3 aliphatic rings. The third-order valence-corrected chi connectivity index (χ3v) is 8.65. The minimum atomic E-state index is -0.999. The van der Waals surface area contributed by atoms with Crippen LogP contribution in [0.4, 0.5) is 11.4 Å². The average Bonchev–Trinajstić information content (AvgIpc) is 3.27. The molecule has 2 fully saturated rings. The quantitative estimate of drug-likeness (QED) is 0.397. The van der Waals surface area contributed by atoms with E-state index < -0.39 is 29.7 Å². The molecule has 1 unspecified atom stereocenters. The Labute approximate surface area is 255 Å². The first-order chi connectivity index (χ1) is 21.1. The lowest BCUT2D eigenvalue weighted by molar-refractivity contribution is -0.136. The minimum absolute atomic E-state index is 0.0776. The van der Waals surface area contributed by atoms with Crippen molar-refractivity contribution in [1.82, 2.24) is 20.1 Å². The van der Waals surface area contributed by atoms with E-state index in [9.17, 15) is 19.2 Å². The van der Waals surface area contributed by atoms with Gasteiger partial charge in [-0.2, -0.15) is 5.26 Å². The van der Waals surface area contributed by atoms with Crippen LogP contribution in [0.2, 0.25) is 0 Å². The molecule has 6 rings (SSSR count). The third-order valence-electron chi connectivity index (χ3n) is 8.65. The second-order valence-electron chi connectivity index (χ2n) is 12.0. The number of nitriles is 1. The van der Waals surface area contributed by atoms with Gasteiger partial charge in [0.15, 0.2) is 0 Å². The molecule has 2 N–H and O–H groups in total. The first kappa shape index (κ1) is 29.0. The van der Waals surface area contributed by atoms with Gasteiger partial charge in [0, 0.05) is 50.4 Å². The topological polar surface area (TPSA) is 139 Å². The van der Waals surface area contributed by atoms with E-state index in [0.29, 0.717) is 17.9 Å². The number of fused-ring (bicyclic) bond motifs is 1. The number of rotatable bonds is 7. The van der Waals surface area contributed by atoms with Gasteiger partial charge in [-0.05, 0) is 55.7 Å². The number of piperidine rings is 1. The van der Waals surface area contributed by atoms with Crippen LogP contribution in [0.15, 0.2) is 60.8 Å². The maximum absolute atomic E-state index is 13.4. The predicted molar refractivity (Wildman–Crippen MR) is 163 cm³/mol. The number of amides is 4. The second-order valence-corrected chi connectivity index (χ2v) is 12.0. The highest BCUT2D eigenvalue weighted by atomic mass is 16.2. The average molecular weight is 592 g/mol. The number of carbonyl (C=O) groups excluding carboxylic acids is 4. The highest BCUT2D eigenvalue weighted by Crippen LogP contribution is 2.33. The standard InChI is InChI=1S/C33H33N7O4/c1-33(2)20-38(24-11-10-23(16-34)35-18-24)14-15-39(33)19-22-8-6-21(7-9-22)17-36-26-5-3-4-25-29(26)32(44)40(31(25)43)27-12-13-28(41)37-30(27)42/h3-11,18,27,36H,12-15,17,19-20H2,1-2H3,(H,37,41,42). The molecule has 2 aromatic carbocycles. The van der Waals surface area contributed by atoms with Gasteiger partial charge in [0.2, 0.25) is 11.8 Å². The van der Waals surface area contributed by atoms with Gasteiger partial charge in [-0.1, -0.05) is 30.3 Å². The number of pyridine rings is 1. The Hall–Kier alpha value is -5.08. The molecular weight excluding hydrogens is 558 g/mol. The van der Waals surface area contributed by atoms with Crippen molar-refractivity contribution in [1.29, 1.82) is 5.26 Å². The molecular formula is C33H33N7O4. The number of anilines is 2. The minimum Gasteiger partial charge on any atom is -0.380 e. The number of nitrogens with zero attached hydrogens (tertiary/aromatic N) is 5. The second kappa shape index (κ2) is 11.5. The van der Waals surface area contributed by atoms with Crippen LogP contribution >= 0.6 is 0 Å². The molecule has 2 saturated heterocycles. The fraction of sp³-hybridized carbons (Fsp3) is 0.333. The van der Waals surface area contributed by atoms with Crippen LogP contribution in [0.25, 0.3) is 0 Å². The van der Waals surface area contributed by atoms with Crippen molar-refractivity contribution in [2.24, 2.45) is 0 Å². The van der Waals surface area contributed by atoms with Gasteiger partial charge in [-0.15, -0.1) is 0 Å². The smallest absolute Gasteiger partial charge is 0.264 e. The molecule has 3 aliphatic heterocycles. The molecule has 44 heavy (non-hydrogen) atoms. The molecule has 4 amide bonds. The molecule has 1 aromatic heterocycles. The van der Waals surface area contributed by atoms with Crippen molar-refractivity contribution in [3.05, 3.63) is 88.7 Å². The van der Waals surface area contributed by atoms with Gasteiger partial charge < -0.3 is 10.2 Å². The molecule has 0 radical (unpaired) electrons. The van der Waals surface area contributed by atoms with Crippen LogP contribution in [0.1, 0.15) is 64.2 Å². The number of carbonyl (C=O) groups is 4. The van der Waals surface area contributed by atoms with Crippen LogP contribution in [-0.2, 0) is 22.7 Å². The lowest BCUT2D eigenvalue weighted by Crippen LogP contribution is -2.58. The first-order valence-corrected chi connectivity index (χ1v) is 14.7. The van der Waals surface area contributed by atoms with Crippen LogP contribution in [0.5, 0.6) is 0 Å². The molecule has 0 aliphatic carbocycles. The molecule has 0 saturated carbocycles. The van der Waals surface area contributed by atoms with Crippen molar-refractivity contribution >= 4 is 35.0 Å². The van der Waals surface area contributed by atoms with Crippen LogP contribution in [0.3, 0.4) is 0 Å². The summed E-state index contributed by atoms with van der Waals surface area (Å²) in [5, 5.41) is 14.6. The van der Waals surface area contributed by atoms with Gasteiger partial charge in [0.25, 0.3) is 11.8 Å². The van der Waals surface area contributed by atoms with Gasteiger partial charge >= 0.3 is 0 Å². The summed E-state index contributed by atoms with van der Waals surface area (Å²) in [4.78, 5) is 60.4. The maximum atomic E-state index is 13.4. The van der Waals surface area contributed by atoms with E-state index in [1.54, 1.807) is 30.5 Å². The monoisotopic (exact) mass is 591 g/mol. The van der Waals surface area contributed by atoms with Crippen molar-refractivity contribution in [3.63, 3.8) is 0 Å². The van der Waals surface area contributed by atoms with E-state index >= 15 is 0 Å². The fourth-order valence-corrected chi connectivity index (χ4v) is 6.19. The summed E-state index contributed by atoms with van der Waals surface area (Å²) in [5.41, 5.74) is 4.59. The summed E-state index contributed by atoms with van der Waals surface area (Å²) in [6, 6.07) is 18.2. The summed E-state index contributed by atoms with van der Waals surface area (Å²) in [6.07, 6.45) is 1.96. The van der Waals surface area contributed by atoms with Gasteiger partial charge in [-0.25, -0.2) is 4.98 Å². The molecule has 224 valence electrons. The highest BCUT2D eigenvalue weighted by Gasteiger charge is 2.45. The van der Waals surface area contributed by atoms with Crippen molar-refractivity contribution in [2.45, 2.75) is 51.4 Å².